The average molecular weight is 618 g/mol. The predicted molar refractivity (Wildman–Crippen MR) is 103 cm³/mol. The quantitative estimate of drug-likeness (QED) is 0.161. The molecule has 0 radical (unpaired) electrons. The van der Waals surface area contributed by atoms with Crippen molar-refractivity contribution in [1.29, 1.82) is 0 Å². The molecular weight excluding hydrogens is 592 g/mol. The van der Waals surface area contributed by atoms with Crippen LogP contribution in [0.1, 0.15) is 37.7 Å². The Bertz CT molecular complexity index is 727. The van der Waals surface area contributed by atoms with E-state index < -0.39 is 42.4 Å². The monoisotopic (exact) mass is 618 g/mol. The molecule has 30 heavy (non-hydrogen) atoms. The number of carboxylic acids is 3. The number of carbonyl (C=O) groups excluding carboxylic acids is 1. The minimum absolute atomic E-state index is 0.184. The van der Waals surface area contributed by atoms with Gasteiger partial charge < -0.3 is 20.6 Å². The van der Waals surface area contributed by atoms with E-state index in [1.165, 1.54) is 3.27 Å². The van der Waals surface area contributed by atoms with Gasteiger partial charge >= 0.3 is 131 Å². The van der Waals surface area contributed by atoms with Crippen LogP contribution in [0, 0.1) is 24.7 Å². The van der Waals surface area contributed by atoms with Gasteiger partial charge in [-0.05, 0) is 6.42 Å². The maximum absolute atomic E-state index is 11.9. The number of rotatable bonds is 14. The number of carbonyl (C=O) groups is 4. The Balaban J connectivity index is 2.34. The summed E-state index contributed by atoms with van der Waals surface area (Å²) in [5.74, 6) is -3.81. The van der Waals surface area contributed by atoms with E-state index in [0.717, 1.165) is 5.56 Å². The van der Waals surface area contributed by atoms with Crippen LogP contribution in [-0.2, 0) is 20.9 Å². The van der Waals surface area contributed by atoms with Crippen LogP contribution in [0.3, 0.4) is 0 Å². The molecule has 0 spiro atoms. The SMILES string of the molecule is O=C(O)CC[C@H](NC(=O)N[C@@H](CCCCNCc1ccc([At])cc1)C(=O)O)C(=O)O. The number of nitrogens with one attached hydrogen (secondary N) is 3. The summed E-state index contributed by atoms with van der Waals surface area (Å²) >= 11 is 1.62. The zero-order valence-corrected chi connectivity index (χ0v) is 19.2. The van der Waals surface area contributed by atoms with Crippen LogP contribution in [0.5, 0.6) is 0 Å². The predicted octanol–water partition coefficient (Wildman–Crippen LogP) is 0.192. The van der Waals surface area contributed by atoms with Gasteiger partial charge in [0.05, 0.1) is 0 Å². The van der Waals surface area contributed by atoms with Gasteiger partial charge in [0.1, 0.15) is 6.04 Å². The van der Waals surface area contributed by atoms with Crippen LogP contribution in [0.2, 0.25) is 0 Å². The molecule has 1 aromatic rings. The molecule has 0 aromatic heterocycles. The molecule has 2 atom stereocenters. The van der Waals surface area contributed by atoms with Crippen molar-refractivity contribution in [3.8, 4) is 0 Å². The Hall–Kier alpha value is -2.26. The number of urea groups is 1. The van der Waals surface area contributed by atoms with E-state index in [1.54, 1.807) is 24.7 Å². The van der Waals surface area contributed by atoms with E-state index in [0.29, 0.717) is 25.9 Å². The number of amides is 2. The van der Waals surface area contributed by atoms with Crippen LogP contribution >= 0.6 is 0 Å². The van der Waals surface area contributed by atoms with Crippen molar-refractivity contribution in [1.82, 2.24) is 16.0 Å². The Kier molecular flexibility index (Phi) is 11.9. The Morgan fingerprint density at radius 2 is 1.43 bits per heavy atom. The minimum Gasteiger partial charge on any atom is -0.480 e. The third-order valence-corrected chi connectivity index (χ3v) is 5.17. The summed E-state index contributed by atoms with van der Waals surface area (Å²) in [5.41, 5.74) is 1.16. The zero-order valence-electron chi connectivity index (χ0n) is 16.3. The fourth-order valence-corrected chi connectivity index (χ4v) is 3.06. The fourth-order valence-electron chi connectivity index (χ4n) is 2.57. The van der Waals surface area contributed by atoms with Crippen molar-refractivity contribution in [2.45, 2.75) is 50.7 Å². The molecule has 0 saturated carbocycles. The second kappa shape index (κ2) is 13.9. The average Bonchev–Trinajstić information content (AvgIpc) is 2.67. The van der Waals surface area contributed by atoms with Crippen molar-refractivity contribution >= 4 is 27.2 Å². The number of benzene rings is 1. The van der Waals surface area contributed by atoms with Crippen LogP contribution in [0.25, 0.3) is 0 Å². The first-order valence-corrected chi connectivity index (χ1v) is 10.9. The van der Waals surface area contributed by atoms with E-state index >= 15 is 0 Å². The molecule has 0 saturated heterocycles. The summed E-state index contributed by atoms with van der Waals surface area (Å²) in [6.07, 6.45) is 0.697. The van der Waals surface area contributed by atoms with Crippen molar-refractivity contribution in [3.63, 3.8) is 0 Å². The van der Waals surface area contributed by atoms with E-state index in [9.17, 15) is 24.3 Å². The number of carboxylic acid groups (broad SMARTS) is 3. The van der Waals surface area contributed by atoms with Gasteiger partial charge in [-0.1, -0.05) is 0 Å². The van der Waals surface area contributed by atoms with Crippen molar-refractivity contribution in [2.24, 2.45) is 0 Å². The second-order valence-corrected chi connectivity index (χ2v) is 8.33. The van der Waals surface area contributed by atoms with Gasteiger partial charge in [-0.15, -0.1) is 0 Å². The van der Waals surface area contributed by atoms with Crippen molar-refractivity contribution in [2.75, 3.05) is 6.54 Å². The first kappa shape index (κ1) is 25.8. The summed E-state index contributed by atoms with van der Waals surface area (Å²) in [5, 5.41) is 34.5. The molecule has 0 heterocycles. The molecule has 0 aliphatic heterocycles. The molecule has 166 valence electrons. The van der Waals surface area contributed by atoms with Crippen LogP contribution in [-0.4, -0.2) is 57.9 Å². The molecule has 1 rings (SSSR count). The van der Waals surface area contributed by atoms with Crippen molar-refractivity contribution in [3.05, 3.63) is 29.8 Å². The number of aliphatic carboxylic acids is 3. The van der Waals surface area contributed by atoms with Gasteiger partial charge in [-0.25, -0.2) is 14.4 Å². The first-order chi connectivity index (χ1) is 14.2. The molecule has 0 aliphatic carbocycles. The number of hydrogen-bond donors (Lipinski definition) is 6. The van der Waals surface area contributed by atoms with Crippen LogP contribution in [0.4, 0.5) is 4.79 Å². The fraction of sp³-hybridized carbons (Fsp3) is 0.474. The van der Waals surface area contributed by atoms with Gasteiger partial charge in [0.15, 0.2) is 0 Å². The van der Waals surface area contributed by atoms with E-state index in [1.807, 2.05) is 12.1 Å². The third kappa shape index (κ3) is 11.1. The Morgan fingerprint density at radius 1 is 0.867 bits per heavy atom. The molecule has 6 N–H and O–H groups in total. The van der Waals surface area contributed by atoms with Gasteiger partial charge in [0.25, 0.3) is 0 Å². The van der Waals surface area contributed by atoms with E-state index in [-0.39, 0.29) is 12.8 Å². The van der Waals surface area contributed by atoms with Gasteiger partial charge in [0, 0.05) is 6.42 Å². The first-order valence-electron chi connectivity index (χ1n) is 9.38. The molecule has 10 nitrogen and oxygen atoms in total. The van der Waals surface area contributed by atoms with Crippen LogP contribution in [0.15, 0.2) is 24.3 Å². The summed E-state index contributed by atoms with van der Waals surface area (Å²) in [4.78, 5) is 44.9. The smallest absolute Gasteiger partial charge is 0.480 e. The topological polar surface area (TPSA) is 165 Å². The maximum atomic E-state index is 11.9. The summed E-state index contributed by atoms with van der Waals surface area (Å²) in [6.45, 7) is 1.40. The molecule has 11 heteroatoms. The second-order valence-electron chi connectivity index (χ2n) is 6.63. The minimum atomic E-state index is -1.41. The Morgan fingerprint density at radius 3 is 1.97 bits per heavy atom. The molecule has 0 fully saturated rings. The third-order valence-electron chi connectivity index (χ3n) is 4.19. The summed E-state index contributed by atoms with van der Waals surface area (Å²) < 4.78 is 1.24. The summed E-state index contributed by atoms with van der Waals surface area (Å²) in [6, 6.07) is 4.66. The normalized spacial score (nSPS) is 12.6. The Labute approximate surface area is 189 Å². The van der Waals surface area contributed by atoms with Gasteiger partial charge in [-0.3, -0.25) is 4.79 Å². The van der Waals surface area contributed by atoms with E-state index in [4.69, 9.17) is 10.2 Å². The molecule has 2 amide bonds. The molecule has 0 aliphatic rings. The molecule has 0 unspecified atom stereocenters. The van der Waals surface area contributed by atoms with E-state index in [2.05, 4.69) is 28.1 Å². The molecular formula is C19H26AtN3O7. The van der Waals surface area contributed by atoms with Crippen molar-refractivity contribution < 1.29 is 59.2 Å². The van der Waals surface area contributed by atoms with Crippen LogP contribution < -0.4 is 19.2 Å². The standard InChI is InChI=1S/C19H26AtN3O7/c20-13-6-4-12(5-7-13)11-21-10-2-1-3-14(17(26)27)22-19(30)23-15(18(28)29)8-9-16(24)25/h4-7,14-15,21H,1-3,8-11H2,(H,24,25)(H,26,27)(H,28,29)(H2,22,23,30)/t14-,15-/m0/s1. The van der Waals surface area contributed by atoms with Gasteiger partial charge in [-0.2, -0.15) is 0 Å². The zero-order chi connectivity index (χ0) is 22.5. The number of hydrogen-bond acceptors (Lipinski definition) is 5. The number of unbranched alkanes of at least 4 members (excludes halogenated alkanes) is 1. The van der Waals surface area contributed by atoms with Gasteiger partial charge in [0.2, 0.25) is 0 Å². The molecule has 1 aromatic carbocycles. The molecule has 0 bridgehead atoms. The summed E-state index contributed by atoms with van der Waals surface area (Å²) in [7, 11) is 0.